The van der Waals surface area contributed by atoms with Gasteiger partial charge in [0, 0.05) is 73.8 Å². The maximum absolute atomic E-state index is 15.3. The van der Waals surface area contributed by atoms with Crippen LogP contribution >= 0.6 is 25.3 Å². The van der Waals surface area contributed by atoms with Crippen LogP contribution in [-0.4, -0.2) is 226 Å². The number of guanidine groups is 2. The molecule has 5 aromatic carbocycles. The number of amides is 13. The third-order valence-electron chi connectivity index (χ3n) is 22.3. The lowest BCUT2D eigenvalue weighted by atomic mass is 9.95. The minimum Gasteiger partial charge on any atom is -0.508 e. The first-order valence-electron chi connectivity index (χ1n) is 44.8. The summed E-state index contributed by atoms with van der Waals surface area (Å²) in [5.74, 6) is -15.7. The Kier molecular flexibility index (Phi) is 46.0. The number of carbonyl (C=O) groups is 14. The molecule has 1 heterocycles. The second-order valence-electron chi connectivity index (χ2n) is 34.1. The third-order valence-corrected chi connectivity index (χ3v) is 23.0. The van der Waals surface area contributed by atoms with Crippen LogP contribution in [0.25, 0.3) is 10.9 Å². The van der Waals surface area contributed by atoms with E-state index >= 15 is 38.4 Å². The summed E-state index contributed by atoms with van der Waals surface area (Å²) in [4.78, 5) is 208. The number of aromatic nitrogens is 1. The smallest absolute Gasteiger partial charge is 0.327 e. The lowest BCUT2D eigenvalue weighted by Crippen LogP contribution is -2.63. The quantitative estimate of drug-likeness (QED) is 0.0110. The molecule has 0 fully saturated rings. The van der Waals surface area contributed by atoms with Crippen molar-refractivity contribution in [3.63, 3.8) is 0 Å². The Labute approximate surface area is 786 Å². The zero-order valence-electron chi connectivity index (χ0n) is 76.5. The number of H-pyrrole nitrogens is 1. The SMILES string of the molecule is CC[C@H](C)[C@H](NC(=O)[C@@H](NC(=O)[C@H](Cc1ccccc1)NC(=O)[C@@H](NC(=O)[C@H](CC(C)C)NC(=O)[C@H](Cc1c[nH]c2ccccc12)NC(=O)[C@H](CCCCN)NC(=O)[C@H](CCCNC(=N)N)NC(=O)[C@@H](N)CS)C(C)C)C(C)C)C(=O)N[C@@H](Cc1ccccc1)C(=O)N[C@@H](Cc1ccc(O)cc1)C(=O)N[C@@H](Cc1ccccc1)C(=O)N[C@@H](CCCNC(=N)N)C(=O)N[C@@H](CS)C(=O)O. The van der Waals surface area contributed by atoms with Crippen molar-refractivity contribution in [2.24, 2.45) is 46.6 Å². The highest BCUT2D eigenvalue weighted by atomic mass is 32.1. The molecule has 0 aliphatic rings. The number of benzene rings is 5. The molecule has 0 bridgehead atoms. The molecule has 0 aliphatic heterocycles. The fourth-order valence-electron chi connectivity index (χ4n) is 14.5. The normalized spacial score (nSPS) is 14.6. The zero-order chi connectivity index (χ0) is 98.0. The number of hydrogen-bond donors (Lipinski definition) is 26. The van der Waals surface area contributed by atoms with Crippen LogP contribution < -0.4 is 103 Å². The number of aromatic hydroxyl groups is 1. The second kappa shape index (κ2) is 56.1. The minimum absolute atomic E-state index is 0.00571. The molecule has 0 unspecified atom stereocenters. The van der Waals surface area contributed by atoms with Gasteiger partial charge in [0.05, 0.1) is 6.04 Å². The molecule has 133 heavy (non-hydrogen) atoms. The van der Waals surface area contributed by atoms with Gasteiger partial charge >= 0.3 is 5.97 Å². The van der Waals surface area contributed by atoms with Gasteiger partial charge in [0.2, 0.25) is 76.8 Å². The van der Waals surface area contributed by atoms with Crippen molar-refractivity contribution in [1.82, 2.24) is 84.7 Å². The molecule has 0 saturated carbocycles. The van der Waals surface area contributed by atoms with Gasteiger partial charge in [-0.3, -0.25) is 73.1 Å². The Bertz CT molecular complexity index is 4840. The minimum atomic E-state index is -1.56. The highest BCUT2D eigenvalue weighted by molar-refractivity contribution is 7.80. The Hall–Kier alpha value is -12.8. The summed E-state index contributed by atoms with van der Waals surface area (Å²) in [5, 5.41) is 77.2. The van der Waals surface area contributed by atoms with Crippen LogP contribution in [0.4, 0.5) is 0 Å². The number of thiol groups is 2. The van der Waals surface area contributed by atoms with Gasteiger partial charge in [-0.1, -0.05) is 183 Å². The lowest BCUT2D eigenvalue weighted by Gasteiger charge is -2.31. The van der Waals surface area contributed by atoms with Crippen molar-refractivity contribution < 1.29 is 77.3 Å². The fraction of sp³-hybridized carbons (Fsp3) is 0.484. The average molecular weight is 1880 g/mol. The Balaban J connectivity index is 1.27. The van der Waals surface area contributed by atoms with Crippen molar-refractivity contribution in [3.05, 3.63) is 174 Å². The van der Waals surface area contributed by atoms with E-state index in [1.165, 1.54) is 24.3 Å². The van der Waals surface area contributed by atoms with Crippen molar-refractivity contribution in [2.75, 3.05) is 31.1 Å². The van der Waals surface area contributed by atoms with Gasteiger partial charge in [-0.05, 0) is 128 Å². The highest BCUT2D eigenvalue weighted by Gasteiger charge is 2.41. The van der Waals surface area contributed by atoms with E-state index in [4.69, 9.17) is 33.8 Å². The Morgan fingerprint density at radius 2 is 0.714 bits per heavy atom. The van der Waals surface area contributed by atoms with E-state index < -0.39 is 185 Å². The van der Waals surface area contributed by atoms with Gasteiger partial charge < -0.3 is 118 Å². The van der Waals surface area contributed by atoms with Gasteiger partial charge in [-0.15, -0.1) is 0 Å². The van der Waals surface area contributed by atoms with E-state index in [9.17, 15) is 39.0 Å². The Morgan fingerprint density at radius 1 is 0.383 bits per heavy atom. The van der Waals surface area contributed by atoms with E-state index in [0.29, 0.717) is 46.2 Å². The molecule has 40 heteroatoms. The molecule has 15 atom stereocenters. The van der Waals surface area contributed by atoms with E-state index in [-0.39, 0.29) is 132 Å². The maximum Gasteiger partial charge on any atom is 0.327 e. The first kappa shape index (κ1) is 109. The summed E-state index contributed by atoms with van der Waals surface area (Å²) < 4.78 is 0. The van der Waals surface area contributed by atoms with Crippen LogP contribution in [0.2, 0.25) is 0 Å². The predicted octanol–water partition coefficient (Wildman–Crippen LogP) is 1.02. The molecule has 0 aliphatic carbocycles. The number of unbranched alkanes of at least 4 members (excludes halogenated alkanes) is 1. The third kappa shape index (κ3) is 37.0. The standard InChI is InChI=1S/C93H134N22O16S2/c1-9-55(8)77(90(129)111-71(45-57-27-15-11-16-28-57)84(123)108-70(47-59-36-38-61(116)39-37-59)83(122)107-69(44-56-25-13-10-14-26-56)82(121)105-67(35-24-42-101-93(98)99)81(120)112-74(51-133)91(130)131)115-89(128)76(54(6)7)114-87(126)72(46-58-29-17-12-18-30-58)110-88(127)75(53(4)5)113-86(125)68(43-52(2)3)106-85(124)73(48-60-49-102-64-32-20-19-31-62(60)64)109-80(119)65(33-21-22-40-94)104-79(118)66(34-23-41-100-92(96)97)103-78(117)63(95)50-132/h10-20,25-32,36-39,49,52-55,63,65-77,102,116,132-133H,9,21-24,33-35,40-48,50-51,94-95H2,1-8H3,(H,103,117)(H,104,118)(H,105,121)(H,106,124)(H,107,122)(H,108,123)(H,109,119)(H,110,127)(H,111,129)(H,112,120)(H,113,125)(H,114,126)(H,115,128)(H,130,131)(H4,96,97,100)(H4,98,99,101)/t55-,63-,65-,66-,67-,68-,69-,70-,71-,72-,73-,74-,75-,76-,77-/m0/s1. The van der Waals surface area contributed by atoms with E-state index in [1.807, 2.05) is 32.0 Å². The summed E-state index contributed by atoms with van der Waals surface area (Å²) >= 11 is 8.21. The van der Waals surface area contributed by atoms with Gasteiger partial charge in [-0.2, -0.15) is 25.3 Å². The van der Waals surface area contributed by atoms with E-state index in [2.05, 4.69) is 110 Å². The molecule has 6 aromatic rings. The number of fused-ring (bicyclic) bond motifs is 1. The van der Waals surface area contributed by atoms with Gasteiger partial charge in [0.15, 0.2) is 11.9 Å². The van der Waals surface area contributed by atoms with Crippen LogP contribution in [0.1, 0.15) is 141 Å². The summed E-state index contributed by atoms with van der Waals surface area (Å²) in [6.45, 7) is 14.2. The zero-order valence-corrected chi connectivity index (χ0v) is 78.3. The lowest BCUT2D eigenvalue weighted by molar-refractivity contribution is -0.141. The first-order chi connectivity index (χ1) is 63.3. The van der Waals surface area contributed by atoms with Crippen molar-refractivity contribution in [1.29, 1.82) is 10.8 Å². The van der Waals surface area contributed by atoms with Gasteiger partial charge in [-0.25, -0.2) is 4.79 Å². The number of carbonyl (C=O) groups excluding carboxylic acids is 13. The number of phenols is 1. The average Bonchev–Trinajstić information content (AvgIpc) is 1.51. The summed E-state index contributed by atoms with van der Waals surface area (Å²) in [5.41, 5.74) is 26.3. The Morgan fingerprint density at radius 3 is 1.11 bits per heavy atom. The number of rotatable bonds is 57. The number of hydrogen-bond acceptors (Lipinski definition) is 21. The van der Waals surface area contributed by atoms with Crippen molar-refractivity contribution in [2.45, 2.75) is 230 Å². The molecule has 38 nitrogen and oxygen atoms in total. The van der Waals surface area contributed by atoms with Crippen LogP contribution in [0.5, 0.6) is 5.75 Å². The maximum atomic E-state index is 15.3. The topological polar surface area (TPSA) is 627 Å². The van der Waals surface area contributed by atoms with E-state index in [1.54, 1.807) is 145 Å². The summed E-state index contributed by atoms with van der Waals surface area (Å²) in [7, 11) is 0. The number of nitrogens with one attached hydrogen (secondary N) is 18. The number of carboxylic acids is 1. The molecule has 1 aromatic heterocycles. The number of nitrogens with two attached hydrogens (primary N) is 4. The molecular weight excluding hydrogens is 1750 g/mol. The molecule has 724 valence electrons. The fourth-order valence-corrected chi connectivity index (χ4v) is 15.0. The van der Waals surface area contributed by atoms with Crippen LogP contribution in [0, 0.1) is 34.5 Å². The molecule has 6 rings (SSSR count). The molecule has 28 N–H and O–H groups in total. The number of carboxylic acid groups (broad SMARTS) is 1. The molecule has 0 saturated heterocycles. The molecule has 0 radical (unpaired) electrons. The first-order valence-corrected chi connectivity index (χ1v) is 46.1. The van der Waals surface area contributed by atoms with Gasteiger partial charge in [0.25, 0.3) is 0 Å². The predicted molar refractivity (Wildman–Crippen MR) is 512 cm³/mol. The molecule has 0 spiro atoms. The second-order valence-corrected chi connectivity index (χ2v) is 34.9. The number of para-hydroxylation sites is 1. The summed E-state index contributed by atoms with van der Waals surface area (Å²) in [6.07, 6.45) is 2.17. The van der Waals surface area contributed by atoms with Crippen LogP contribution in [0.3, 0.4) is 0 Å². The largest absolute Gasteiger partial charge is 0.508 e. The monoisotopic (exact) mass is 1880 g/mol. The molecular formula is C93H134N22O16S2. The molecule has 13 amide bonds. The van der Waals surface area contributed by atoms with E-state index in [0.717, 1.165) is 5.39 Å². The van der Waals surface area contributed by atoms with Crippen molar-refractivity contribution in [3.8, 4) is 5.75 Å². The van der Waals surface area contributed by atoms with Crippen LogP contribution in [0.15, 0.2) is 146 Å². The summed E-state index contributed by atoms with van der Waals surface area (Å²) in [6, 6.07) is 19.2. The number of aromatic amines is 1. The van der Waals surface area contributed by atoms with Crippen LogP contribution in [-0.2, 0) is 99.2 Å². The van der Waals surface area contributed by atoms with Gasteiger partial charge in [0.1, 0.15) is 84.3 Å². The van der Waals surface area contributed by atoms with Crippen molar-refractivity contribution >= 4 is 131 Å². The number of phenolic OH excluding ortho intramolecular Hbond substituents is 1. The highest BCUT2D eigenvalue weighted by Crippen LogP contribution is 2.23. The number of aliphatic carboxylic acids is 1.